The fraction of sp³-hybridized carbons (Fsp3) is 0.500. The summed E-state index contributed by atoms with van der Waals surface area (Å²) in [4.78, 5) is 8.09. The maximum atomic E-state index is 5.33. The lowest BCUT2D eigenvalue weighted by Gasteiger charge is -2.24. The highest BCUT2D eigenvalue weighted by molar-refractivity contribution is 7.10. The molecule has 0 bridgehead atoms. The molecule has 0 fully saturated rings. The molecule has 0 atom stereocenters. The predicted molar refractivity (Wildman–Crippen MR) is 67.5 cm³/mol. The van der Waals surface area contributed by atoms with Crippen molar-refractivity contribution in [1.82, 2.24) is 10.1 Å². The lowest BCUT2D eigenvalue weighted by molar-refractivity contribution is 0.401. The first-order chi connectivity index (χ1) is 8.24. The van der Waals surface area contributed by atoms with Crippen LogP contribution in [0.25, 0.3) is 0 Å². The SMILES string of the molecule is CC(C)c1noc(N2CCc3sccc3C2)n1. The highest BCUT2D eigenvalue weighted by Gasteiger charge is 2.22. The van der Waals surface area contributed by atoms with Gasteiger partial charge in [0.1, 0.15) is 0 Å². The van der Waals surface area contributed by atoms with Gasteiger partial charge in [0, 0.05) is 23.9 Å². The van der Waals surface area contributed by atoms with Crippen molar-refractivity contribution in [1.29, 1.82) is 0 Å². The van der Waals surface area contributed by atoms with Crippen LogP contribution in [0.4, 0.5) is 6.01 Å². The van der Waals surface area contributed by atoms with E-state index >= 15 is 0 Å². The van der Waals surface area contributed by atoms with Gasteiger partial charge in [0.05, 0.1) is 0 Å². The Labute approximate surface area is 104 Å². The van der Waals surface area contributed by atoms with Gasteiger partial charge in [0.25, 0.3) is 0 Å². The Balaban J connectivity index is 1.82. The Kier molecular flexibility index (Phi) is 2.63. The second-order valence-corrected chi connectivity index (χ2v) is 5.63. The molecule has 0 N–H and O–H groups in total. The molecule has 1 aliphatic rings. The van der Waals surface area contributed by atoms with E-state index in [0.29, 0.717) is 11.9 Å². The van der Waals surface area contributed by atoms with Crippen LogP contribution in [0.5, 0.6) is 0 Å². The van der Waals surface area contributed by atoms with Gasteiger partial charge in [-0.15, -0.1) is 11.3 Å². The Morgan fingerprint density at radius 3 is 3.12 bits per heavy atom. The number of anilines is 1. The summed E-state index contributed by atoms with van der Waals surface area (Å²) in [7, 11) is 0. The second-order valence-electron chi connectivity index (χ2n) is 4.63. The lowest BCUT2D eigenvalue weighted by Crippen LogP contribution is -2.29. The third-order valence-corrected chi connectivity index (χ3v) is 4.05. The van der Waals surface area contributed by atoms with Gasteiger partial charge in [-0.25, -0.2) is 0 Å². The first-order valence-electron chi connectivity index (χ1n) is 5.88. The summed E-state index contributed by atoms with van der Waals surface area (Å²) in [5, 5.41) is 6.16. The largest absolute Gasteiger partial charge is 0.324 e. The third kappa shape index (κ3) is 1.95. The molecule has 3 heterocycles. The van der Waals surface area contributed by atoms with E-state index in [1.54, 1.807) is 0 Å². The maximum absolute atomic E-state index is 5.33. The minimum atomic E-state index is 0.314. The summed E-state index contributed by atoms with van der Waals surface area (Å²) in [6, 6.07) is 2.84. The fourth-order valence-electron chi connectivity index (χ4n) is 2.00. The van der Waals surface area contributed by atoms with E-state index < -0.39 is 0 Å². The first-order valence-corrected chi connectivity index (χ1v) is 6.76. The Morgan fingerprint density at radius 2 is 2.35 bits per heavy atom. The van der Waals surface area contributed by atoms with Crippen LogP contribution in [0.15, 0.2) is 16.0 Å². The van der Waals surface area contributed by atoms with Gasteiger partial charge in [-0.05, 0) is 23.4 Å². The van der Waals surface area contributed by atoms with Crippen LogP contribution < -0.4 is 4.90 Å². The second kappa shape index (κ2) is 4.14. The van der Waals surface area contributed by atoms with Crippen LogP contribution in [-0.2, 0) is 13.0 Å². The average molecular weight is 249 g/mol. The molecule has 17 heavy (non-hydrogen) atoms. The molecule has 0 amide bonds. The van der Waals surface area contributed by atoms with E-state index in [1.807, 2.05) is 11.3 Å². The van der Waals surface area contributed by atoms with Crippen molar-refractivity contribution in [3.05, 3.63) is 27.7 Å². The number of nitrogens with zero attached hydrogens (tertiary/aromatic N) is 3. The van der Waals surface area contributed by atoms with Crippen LogP contribution in [0.3, 0.4) is 0 Å². The first kappa shape index (κ1) is 10.8. The topological polar surface area (TPSA) is 42.2 Å². The van der Waals surface area contributed by atoms with E-state index in [-0.39, 0.29) is 0 Å². The number of thiophene rings is 1. The zero-order valence-corrected chi connectivity index (χ0v) is 10.8. The molecule has 1 aliphatic heterocycles. The van der Waals surface area contributed by atoms with Gasteiger partial charge in [-0.1, -0.05) is 19.0 Å². The molecule has 0 aromatic carbocycles. The molecule has 0 spiro atoms. The van der Waals surface area contributed by atoms with Crippen molar-refractivity contribution >= 4 is 17.4 Å². The van der Waals surface area contributed by atoms with Crippen molar-refractivity contribution in [2.45, 2.75) is 32.7 Å². The predicted octanol–water partition coefficient (Wildman–Crippen LogP) is 2.82. The van der Waals surface area contributed by atoms with Crippen molar-refractivity contribution in [2.75, 3.05) is 11.4 Å². The van der Waals surface area contributed by atoms with Gasteiger partial charge in [-0.3, -0.25) is 0 Å². The number of hydrogen-bond donors (Lipinski definition) is 0. The Bertz CT molecular complexity index is 517. The lowest BCUT2D eigenvalue weighted by atomic mass is 10.1. The molecule has 0 unspecified atom stereocenters. The van der Waals surface area contributed by atoms with Gasteiger partial charge in [0.2, 0.25) is 0 Å². The van der Waals surface area contributed by atoms with E-state index in [2.05, 4.69) is 40.3 Å². The Morgan fingerprint density at radius 1 is 1.47 bits per heavy atom. The molecule has 2 aromatic heterocycles. The van der Waals surface area contributed by atoms with Crippen molar-refractivity contribution in [3.63, 3.8) is 0 Å². The molecule has 0 saturated heterocycles. The third-order valence-electron chi connectivity index (χ3n) is 3.03. The summed E-state index contributed by atoms with van der Waals surface area (Å²) in [6.07, 6.45) is 1.08. The van der Waals surface area contributed by atoms with Gasteiger partial charge in [0.15, 0.2) is 5.82 Å². The van der Waals surface area contributed by atoms with Crippen molar-refractivity contribution < 1.29 is 4.52 Å². The van der Waals surface area contributed by atoms with Crippen LogP contribution in [-0.4, -0.2) is 16.7 Å². The standard InChI is InChI=1S/C12H15N3OS/c1-8(2)11-13-12(16-14-11)15-5-3-10-9(7-15)4-6-17-10/h4,6,8H,3,5,7H2,1-2H3. The Hall–Kier alpha value is -1.36. The molecule has 0 saturated carbocycles. The van der Waals surface area contributed by atoms with Gasteiger partial charge in [-0.2, -0.15) is 4.98 Å². The summed E-state index contributed by atoms with van der Waals surface area (Å²) in [5.74, 6) is 1.10. The molecular formula is C12H15N3OS. The fourth-order valence-corrected chi connectivity index (χ4v) is 2.89. The molecule has 0 radical (unpaired) electrons. The molecule has 90 valence electrons. The minimum Gasteiger partial charge on any atom is -0.320 e. The highest BCUT2D eigenvalue weighted by Crippen LogP contribution is 2.27. The van der Waals surface area contributed by atoms with Crippen molar-refractivity contribution in [2.24, 2.45) is 0 Å². The van der Waals surface area contributed by atoms with E-state index in [0.717, 1.165) is 25.3 Å². The highest BCUT2D eigenvalue weighted by atomic mass is 32.1. The summed E-state index contributed by atoms with van der Waals surface area (Å²) >= 11 is 1.84. The summed E-state index contributed by atoms with van der Waals surface area (Å²) in [5.41, 5.74) is 1.39. The minimum absolute atomic E-state index is 0.314. The molecule has 2 aromatic rings. The number of fused-ring (bicyclic) bond motifs is 1. The monoisotopic (exact) mass is 249 g/mol. The number of aromatic nitrogens is 2. The molecule has 5 heteroatoms. The van der Waals surface area contributed by atoms with Crippen LogP contribution in [0.2, 0.25) is 0 Å². The zero-order chi connectivity index (χ0) is 11.8. The smallest absolute Gasteiger partial charge is 0.320 e. The van der Waals surface area contributed by atoms with E-state index in [1.165, 1.54) is 10.4 Å². The zero-order valence-electron chi connectivity index (χ0n) is 10.0. The van der Waals surface area contributed by atoms with Gasteiger partial charge < -0.3 is 9.42 Å². The average Bonchev–Trinajstić information content (AvgIpc) is 2.97. The van der Waals surface area contributed by atoms with E-state index in [4.69, 9.17) is 4.52 Å². The summed E-state index contributed by atoms with van der Waals surface area (Å²) in [6.45, 7) is 6.00. The van der Waals surface area contributed by atoms with Gasteiger partial charge >= 0.3 is 6.01 Å². The number of rotatable bonds is 2. The van der Waals surface area contributed by atoms with Crippen LogP contribution >= 0.6 is 11.3 Å². The summed E-state index contributed by atoms with van der Waals surface area (Å²) < 4.78 is 5.33. The maximum Gasteiger partial charge on any atom is 0.324 e. The molecule has 4 nitrogen and oxygen atoms in total. The molecule has 0 aliphatic carbocycles. The van der Waals surface area contributed by atoms with Crippen LogP contribution in [0.1, 0.15) is 36.0 Å². The quantitative estimate of drug-likeness (QED) is 0.820. The van der Waals surface area contributed by atoms with E-state index in [9.17, 15) is 0 Å². The molecular weight excluding hydrogens is 234 g/mol. The van der Waals surface area contributed by atoms with Crippen LogP contribution in [0, 0.1) is 0 Å². The normalized spacial score (nSPS) is 15.4. The van der Waals surface area contributed by atoms with Crippen molar-refractivity contribution in [3.8, 4) is 0 Å². The number of hydrogen-bond acceptors (Lipinski definition) is 5. The molecule has 3 rings (SSSR count).